The van der Waals surface area contributed by atoms with Crippen molar-refractivity contribution < 1.29 is 18.0 Å². The maximum Gasteiger partial charge on any atom is 0.255 e. The monoisotopic (exact) mass is 462 g/mol. The smallest absolute Gasteiger partial charge is 0.255 e. The molecule has 0 aliphatic carbocycles. The summed E-state index contributed by atoms with van der Waals surface area (Å²) < 4.78 is 27.9. The number of amides is 2. The van der Waals surface area contributed by atoms with Gasteiger partial charge in [-0.3, -0.25) is 9.59 Å². The second-order valence-electron chi connectivity index (χ2n) is 7.88. The lowest BCUT2D eigenvalue weighted by molar-refractivity contribution is -0.121. The number of hydrogen-bond donors (Lipinski definition) is 1. The van der Waals surface area contributed by atoms with Crippen LogP contribution in [0.15, 0.2) is 40.7 Å². The average Bonchev–Trinajstić information content (AvgIpc) is 3.32. The van der Waals surface area contributed by atoms with Crippen LogP contribution in [0.25, 0.3) is 0 Å². The molecule has 0 saturated carbocycles. The first-order valence-electron chi connectivity index (χ1n) is 10.6. The number of hydrogen-bond acceptors (Lipinski definition) is 6. The summed E-state index contributed by atoms with van der Waals surface area (Å²) in [5.41, 5.74) is 0.175. The molecule has 2 aliphatic heterocycles. The maximum absolute atomic E-state index is 13.3. The fourth-order valence-corrected chi connectivity index (χ4v) is 6.38. The van der Waals surface area contributed by atoms with Crippen LogP contribution >= 0.6 is 11.3 Å². The van der Waals surface area contributed by atoms with E-state index in [1.54, 1.807) is 34.7 Å². The molecule has 2 aromatic rings. The van der Waals surface area contributed by atoms with Crippen LogP contribution in [0.5, 0.6) is 0 Å². The summed E-state index contributed by atoms with van der Waals surface area (Å²) in [4.78, 5) is 31.7. The highest BCUT2D eigenvalue weighted by Crippen LogP contribution is 2.27. The zero-order chi connectivity index (χ0) is 21.8. The van der Waals surface area contributed by atoms with E-state index in [1.165, 1.54) is 21.7 Å². The van der Waals surface area contributed by atoms with E-state index in [-0.39, 0.29) is 34.7 Å². The van der Waals surface area contributed by atoms with Crippen molar-refractivity contribution in [2.45, 2.75) is 37.0 Å². The largest absolute Gasteiger partial charge is 0.338 e. The molecule has 166 valence electrons. The van der Waals surface area contributed by atoms with Crippen LogP contribution in [0, 0.1) is 5.92 Å². The third-order valence-corrected chi connectivity index (χ3v) is 8.44. The van der Waals surface area contributed by atoms with Crippen molar-refractivity contribution in [1.29, 1.82) is 0 Å². The molecule has 4 rings (SSSR count). The van der Waals surface area contributed by atoms with Gasteiger partial charge in [0.25, 0.3) is 5.91 Å². The average molecular weight is 463 g/mol. The number of aromatic nitrogens is 1. The number of carbonyl (C=O) groups excluding carboxylic acids is 2. The maximum atomic E-state index is 13.3. The van der Waals surface area contributed by atoms with Gasteiger partial charge in [-0.05, 0) is 37.8 Å². The summed E-state index contributed by atoms with van der Waals surface area (Å²) in [5.74, 6) is -0.864. The summed E-state index contributed by atoms with van der Waals surface area (Å²) in [6, 6.07) is 6.40. The van der Waals surface area contributed by atoms with Crippen molar-refractivity contribution in [3.05, 3.63) is 41.4 Å². The van der Waals surface area contributed by atoms with Gasteiger partial charge in [0.15, 0.2) is 5.13 Å². The van der Waals surface area contributed by atoms with Crippen LogP contribution in [0.2, 0.25) is 0 Å². The van der Waals surface area contributed by atoms with Gasteiger partial charge in [0, 0.05) is 37.8 Å². The summed E-state index contributed by atoms with van der Waals surface area (Å²) in [5, 5.41) is 5.11. The predicted molar refractivity (Wildman–Crippen MR) is 118 cm³/mol. The van der Waals surface area contributed by atoms with E-state index < -0.39 is 10.0 Å². The summed E-state index contributed by atoms with van der Waals surface area (Å²) in [6.07, 6.45) is 5.66. The number of sulfonamides is 1. The number of anilines is 1. The fraction of sp³-hybridized carbons (Fsp3) is 0.476. The van der Waals surface area contributed by atoms with E-state index in [0.717, 1.165) is 19.3 Å². The highest BCUT2D eigenvalue weighted by Gasteiger charge is 2.34. The lowest BCUT2D eigenvalue weighted by Crippen LogP contribution is -2.44. The number of likely N-dealkylation sites (tertiary alicyclic amines) is 1. The number of piperidine rings is 2. The summed E-state index contributed by atoms with van der Waals surface area (Å²) in [6.45, 7) is 1.72. The predicted octanol–water partition coefficient (Wildman–Crippen LogP) is 2.81. The molecule has 2 aliphatic rings. The Hall–Kier alpha value is -2.30. The van der Waals surface area contributed by atoms with E-state index in [0.29, 0.717) is 37.6 Å². The third kappa shape index (κ3) is 4.81. The van der Waals surface area contributed by atoms with Crippen LogP contribution in [0.3, 0.4) is 0 Å². The van der Waals surface area contributed by atoms with Gasteiger partial charge in [-0.15, -0.1) is 11.3 Å². The lowest BCUT2D eigenvalue weighted by Gasteiger charge is -2.33. The van der Waals surface area contributed by atoms with Crippen molar-refractivity contribution in [3.8, 4) is 0 Å². The zero-order valence-corrected chi connectivity index (χ0v) is 18.8. The molecule has 1 aromatic heterocycles. The number of nitrogens with one attached hydrogen (secondary N) is 1. The molecular formula is C21H26N4O4S2. The molecule has 0 spiro atoms. The van der Waals surface area contributed by atoms with Crippen molar-refractivity contribution in [2.24, 2.45) is 5.92 Å². The normalized spacial score (nSPS) is 20.4. The molecule has 31 heavy (non-hydrogen) atoms. The summed E-state index contributed by atoms with van der Waals surface area (Å²) in [7, 11) is -3.74. The molecule has 1 N–H and O–H groups in total. The Balaban J connectivity index is 1.52. The highest BCUT2D eigenvalue weighted by molar-refractivity contribution is 7.89. The van der Waals surface area contributed by atoms with Crippen LogP contribution in [0.4, 0.5) is 5.13 Å². The van der Waals surface area contributed by atoms with Gasteiger partial charge in [0.2, 0.25) is 15.9 Å². The Morgan fingerprint density at radius 3 is 2.58 bits per heavy atom. The minimum atomic E-state index is -3.74. The topological polar surface area (TPSA) is 99.7 Å². The third-order valence-electron chi connectivity index (χ3n) is 5.79. The first-order chi connectivity index (χ1) is 15.0. The molecule has 1 aromatic carbocycles. The van der Waals surface area contributed by atoms with Gasteiger partial charge in [-0.2, -0.15) is 4.31 Å². The van der Waals surface area contributed by atoms with Gasteiger partial charge in [-0.1, -0.05) is 18.6 Å². The first kappa shape index (κ1) is 21.9. The first-order valence-corrected chi connectivity index (χ1v) is 12.9. The van der Waals surface area contributed by atoms with Crippen LogP contribution < -0.4 is 5.32 Å². The fourth-order valence-electron chi connectivity index (χ4n) is 4.15. The molecular weight excluding hydrogens is 436 g/mol. The quantitative estimate of drug-likeness (QED) is 0.737. The van der Waals surface area contributed by atoms with Gasteiger partial charge in [0.1, 0.15) is 0 Å². The van der Waals surface area contributed by atoms with E-state index >= 15 is 0 Å². The minimum absolute atomic E-state index is 0.0521. The number of nitrogens with zero attached hydrogens (tertiary/aromatic N) is 3. The Bertz CT molecular complexity index is 1030. The second kappa shape index (κ2) is 9.46. The second-order valence-corrected chi connectivity index (χ2v) is 10.7. The van der Waals surface area contributed by atoms with Crippen LogP contribution in [-0.4, -0.2) is 60.6 Å². The zero-order valence-electron chi connectivity index (χ0n) is 17.2. The Kier molecular flexibility index (Phi) is 6.68. The van der Waals surface area contributed by atoms with Crippen LogP contribution in [-0.2, 0) is 14.8 Å². The van der Waals surface area contributed by atoms with Crippen molar-refractivity contribution in [1.82, 2.24) is 14.2 Å². The van der Waals surface area contributed by atoms with E-state index in [9.17, 15) is 18.0 Å². The molecule has 0 radical (unpaired) electrons. The van der Waals surface area contributed by atoms with Crippen LogP contribution in [0.1, 0.15) is 42.5 Å². The van der Waals surface area contributed by atoms with Gasteiger partial charge in [0.05, 0.1) is 16.4 Å². The van der Waals surface area contributed by atoms with Gasteiger partial charge >= 0.3 is 0 Å². The van der Waals surface area contributed by atoms with E-state index in [1.807, 2.05) is 0 Å². The SMILES string of the molecule is O=C(Nc1nccs1)C1CCCN(C(=O)c2ccccc2S(=O)(=O)N2CCCCC2)C1. The summed E-state index contributed by atoms with van der Waals surface area (Å²) >= 11 is 1.34. The number of thiazole rings is 1. The minimum Gasteiger partial charge on any atom is -0.338 e. The molecule has 1 unspecified atom stereocenters. The Morgan fingerprint density at radius 1 is 1.06 bits per heavy atom. The molecule has 2 fully saturated rings. The standard InChI is InChI=1S/C21H26N4O4S2/c26-19(23-21-22-10-14-30-21)16-7-6-11-24(15-16)20(27)17-8-2-3-9-18(17)31(28,29)25-12-4-1-5-13-25/h2-3,8-10,14,16H,1,4-7,11-13,15H2,(H,22,23,26). The molecule has 10 heteroatoms. The Morgan fingerprint density at radius 2 is 1.84 bits per heavy atom. The Labute approximate surface area is 186 Å². The number of carbonyl (C=O) groups is 2. The molecule has 8 nitrogen and oxygen atoms in total. The highest BCUT2D eigenvalue weighted by atomic mass is 32.2. The van der Waals surface area contributed by atoms with Crippen molar-refractivity contribution >= 4 is 38.3 Å². The number of benzene rings is 1. The molecule has 1 atom stereocenters. The number of rotatable bonds is 5. The van der Waals surface area contributed by atoms with Crippen molar-refractivity contribution in [2.75, 3.05) is 31.5 Å². The molecule has 0 bridgehead atoms. The van der Waals surface area contributed by atoms with Gasteiger partial charge in [-0.25, -0.2) is 13.4 Å². The van der Waals surface area contributed by atoms with E-state index in [4.69, 9.17) is 0 Å². The van der Waals surface area contributed by atoms with Gasteiger partial charge < -0.3 is 10.2 Å². The lowest BCUT2D eigenvalue weighted by atomic mass is 9.96. The van der Waals surface area contributed by atoms with E-state index in [2.05, 4.69) is 10.3 Å². The molecule has 2 amide bonds. The molecule has 2 saturated heterocycles. The molecule has 3 heterocycles. The van der Waals surface area contributed by atoms with Crippen molar-refractivity contribution in [3.63, 3.8) is 0 Å².